The number of amides is 1. The maximum atomic E-state index is 12.3. The van der Waals surface area contributed by atoms with E-state index in [1.54, 1.807) is 24.5 Å². The largest absolute Gasteiger partial charge is 0.355 e. The van der Waals surface area contributed by atoms with Gasteiger partial charge >= 0.3 is 0 Å². The number of aryl methyl sites for hydroxylation is 1. The number of benzene rings is 1. The highest BCUT2D eigenvalue weighted by molar-refractivity contribution is 5.93. The van der Waals surface area contributed by atoms with Gasteiger partial charge in [-0.15, -0.1) is 0 Å². The van der Waals surface area contributed by atoms with Crippen molar-refractivity contribution in [2.45, 2.75) is 6.54 Å². The minimum absolute atomic E-state index is 0.220. The lowest BCUT2D eigenvalue weighted by Crippen LogP contribution is -2.24. The van der Waals surface area contributed by atoms with Gasteiger partial charge < -0.3 is 14.4 Å². The van der Waals surface area contributed by atoms with Gasteiger partial charge in [0.25, 0.3) is 5.91 Å². The standard InChI is InChI=1S/C18H15N5O2/c1-23-15-7-3-2-6-13(15)21-17(23)11-20-18(24)14-9-16(25-22-14)12-5-4-8-19-10-12/h2-10H,11H2,1H3,(H,20,24). The zero-order valence-corrected chi connectivity index (χ0v) is 13.5. The van der Waals surface area contributed by atoms with Crippen molar-refractivity contribution in [3.63, 3.8) is 0 Å². The minimum atomic E-state index is -0.314. The number of nitrogens with zero attached hydrogens (tertiary/aromatic N) is 4. The summed E-state index contributed by atoms with van der Waals surface area (Å²) in [5.41, 5.74) is 2.91. The molecule has 4 rings (SSSR count). The topological polar surface area (TPSA) is 85.8 Å². The lowest BCUT2D eigenvalue weighted by atomic mass is 10.2. The molecule has 7 nitrogen and oxygen atoms in total. The third kappa shape index (κ3) is 2.87. The molecule has 4 aromatic rings. The van der Waals surface area contributed by atoms with Crippen LogP contribution in [-0.2, 0) is 13.6 Å². The number of carbonyl (C=O) groups excluding carboxylic acids is 1. The number of carbonyl (C=O) groups is 1. The van der Waals surface area contributed by atoms with Gasteiger partial charge in [-0.05, 0) is 24.3 Å². The van der Waals surface area contributed by atoms with Crippen LogP contribution >= 0.6 is 0 Å². The summed E-state index contributed by atoms with van der Waals surface area (Å²) in [5, 5.41) is 6.65. The van der Waals surface area contributed by atoms with Gasteiger partial charge in [0.05, 0.1) is 17.6 Å². The number of pyridine rings is 1. The van der Waals surface area contributed by atoms with Crippen molar-refractivity contribution >= 4 is 16.9 Å². The summed E-state index contributed by atoms with van der Waals surface area (Å²) in [6.45, 7) is 0.305. The van der Waals surface area contributed by atoms with Crippen LogP contribution < -0.4 is 5.32 Å². The van der Waals surface area contributed by atoms with Crippen molar-refractivity contribution in [1.29, 1.82) is 0 Å². The van der Waals surface area contributed by atoms with Crippen LogP contribution in [0.15, 0.2) is 59.4 Å². The van der Waals surface area contributed by atoms with E-state index in [1.807, 2.05) is 41.9 Å². The predicted octanol–water partition coefficient (Wildman–Crippen LogP) is 2.55. The number of para-hydroxylation sites is 2. The van der Waals surface area contributed by atoms with Gasteiger partial charge in [0.2, 0.25) is 0 Å². The first-order valence-corrected chi connectivity index (χ1v) is 7.78. The maximum absolute atomic E-state index is 12.3. The van der Waals surface area contributed by atoms with Crippen molar-refractivity contribution in [1.82, 2.24) is 25.0 Å². The Labute approximate surface area is 143 Å². The molecule has 0 saturated carbocycles. The Bertz CT molecular complexity index is 1040. The monoisotopic (exact) mass is 333 g/mol. The second-order valence-electron chi connectivity index (χ2n) is 5.58. The number of aromatic nitrogens is 4. The van der Waals surface area contributed by atoms with Crippen LogP contribution in [-0.4, -0.2) is 25.6 Å². The van der Waals surface area contributed by atoms with E-state index in [1.165, 1.54) is 0 Å². The maximum Gasteiger partial charge on any atom is 0.273 e. The molecule has 7 heteroatoms. The molecule has 0 saturated heterocycles. The first-order chi connectivity index (χ1) is 12.2. The average molecular weight is 333 g/mol. The van der Waals surface area contributed by atoms with Gasteiger partial charge in [0.15, 0.2) is 11.5 Å². The van der Waals surface area contributed by atoms with Crippen LogP contribution in [0.4, 0.5) is 0 Å². The summed E-state index contributed by atoms with van der Waals surface area (Å²) >= 11 is 0. The number of hydrogen-bond donors (Lipinski definition) is 1. The smallest absolute Gasteiger partial charge is 0.273 e. The first kappa shape index (κ1) is 15.1. The fraction of sp³-hybridized carbons (Fsp3) is 0.111. The molecule has 0 bridgehead atoms. The molecular weight excluding hydrogens is 318 g/mol. The average Bonchev–Trinajstić information content (AvgIpc) is 3.26. The molecule has 1 amide bonds. The molecule has 25 heavy (non-hydrogen) atoms. The zero-order chi connectivity index (χ0) is 17.2. The highest BCUT2D eigenvalue weighted by Crippen LogP contribution is 2.19. The van der Waals surface area contributed by atoms with E-state index in [2.05, 4.69) is 20.4 Å². The third-order valence-electron chi connectivity index (χ3n) is 3.98. The van der Waals surface area contributed by atoms with Gasteiger partial charge in [-0.2, -0.15) is 0 Å². The fourth-order valence-electron chi connectivity index (χ4n) is 2.63. The van der Waals surface area contributed by atoms with Crippen molar-refractivity contribution in [3.05, 3.63) is 66.4 Å². The van der Waals surface area contributed by atoms with Crippen molar-refractivity contribution < 1.29 is 9.32 Å². The van der Waals surface area contributed by atoms with Crippen LogP contribution in [0.25, 0.3) is 22.4 Å². The summed E-state index contributed by atoms with van der Waals surface area (Å²) in [6.07, 6.45) is 3.33. The van der Waals surface area contributed by atoms with E-state index in [9.17, 15) is 4.79 Å². The molecule has 124 valence electrons. The van der Waals surface area contributed by atoms with E-state index in [0.29, 0.717) is 12.3 Å². The molecule has 0 atom stereocenters. The quantitative estimate of drug-likeness (QED) is 0.620. The Balaban J connectivity index is 1.49. The molecule has 1 aromatic carbocycles. The van der Waals surface area contributed by atoms with Gasteiger partial charge in [-0.3, -0.25) is 9.78 Å². The van der Waals surface area contributed by atoms with Crippen LogP contribution in [0.1, 0.15) is 16.3 Å². The van der Waals surface area contributed by atoms with Crippen LogP contribution in [0.3, 0.4) is 0 Å². The first-order valence-electron chi connectivity index (χ1n) is 7.78. The zero-order valence-electron chi connectivity index (χ0n) is 13.5. The summed E-state index contributed by atoms with van der Waals surface area (Å²) in [7, 11) is 1.92. The van der Waals surface area contributed by atoms with Crippen LogP contribution in [0, 0.1) is 0 Å². The van der Waals surface area contributed by atoms with E-state index in [4.69, 9.17) is 4.52 Å². The van der Waals surface area contributed by atoms with E-state index in [0.717, 1.165) is 22.4 Å². The SMILES string of the molecule is Cn1c(CNC(=O)c2cc(-c3cccnc3)on2)nc2ccccc21. The third-order valence-corrected chi connectivity index (χ3v) is 3.98. The fourth-order valence-corrected chi connectivity index (χ4v) is 2.63. The highest BCUT2D eigenvalue weighted by Gasteiger charge is 2.15. The van der Waals surface area contributed by atoms with Crippen molar-refractivity contribution in [2.75, 3.05) is 0 Å². The lowest BCUT2D eigenvalue weighted by Gasteiger charge is -2.03. The Morgan fingerprint density at radius 2 is 2.12 bits per heavy atom. The van der Waals surface area contributed by atoms with E-state index >= 15 is 0 Å². The summed E-state index contributed by atoms with van der Waals surface area (Å²) in [6, 6.07) is 13.1. The second kappa shape index (κ2) is 6.20. The summed E-state index contributed by atoms with van der Waals surface area (Å²) in [5.74, 6) is 0.956. The summed E-state index contributed by atoms with van der Waals surface area (Å²) < 4.78 is 7.18. The normalized spacial score (nSPS) is 10.9. The number of hydrogen-bond acceptors (Lipinski definition) is 5. The molecule has 3 aromatic heterocycles. The molecule has 1 N–H and O–H groups in total. The molecule has 0 radical (unpaired) electrons. The predicted molar refractivity (Wildman–Crippen MR) is 91.6 cm³/mol. The number of rotatable bonds is 4. The molecular formula is C18H15N5O2. The molecule has 3 heterocycles. The molecule has 0 unspecified atom stereocenters. The molecule has 0 aliphatic heterocycles. The van der Waals surface area contributed by atoms with Crippen LogP contribution in [0.5, 0.6) is 0 Å². The van der Waals surface area contributed by atoms with Gasteiger partial charge in [-0.25, -0.2) is 4.98 Å². The number of fused-ring (bicyclic) bond motifs is 1. The van der Waals surface area contributed by atoms with Crippen molar-refractivity contribution in [2.24, 2.45) is 7.05 Å². The Morgan fingerprint density at radius 1 is 1.24 bits per heavy atom. The summed E-state index contributed by atoms with van der Waals surface area (Å²) in [4.78, 5) is 20.9. The van der Waals surface area contributed by atoms with Crippen LogP contribution in [0.2, 0.25) is 0 Å². The second-order valence-corrected chi connectivity index (χ2v) is 5.58. The molecule has 0 aliphatic carbocycles. The van der Waals surface area contributed by atoms with Gasteiger partial charge in [0.1, 0.15) is 5.82 Å². The van der Waals surface area contributed by atoms with E-state index < -0.39 is 0 Å². The van der Waals surface area contributed by atoms with E-state index in [-0.39, 0.29) is 11.6 Å². The van der Waals surface area contributed by atoms with Crippen molar-refractivity contribution in [3.8, 4) is 11.3 Å². The number of nitrogens with one attached hydrogen (secondary N) is 1. The molecule has 0 spiro atoms. The molecule has 0 fully saturated rings. The minimum Gasteiger partial charge on any atom is -0.355 e. The number of imidazole rings is 1. The van der Waals surface area contributed by atoms with Gasteiger partial charge in [-0.1, -0.05) is 17.3 Å². The van der Waals surface area contributed by atoms with Gasteiger partial charge in [0, 0.05) is 31.1 Å². The molecule has 0 aliphatic rings. The lowest BCUT2D eigenvalue weighted by molar-refractivity contribution is 0.0940. The Hall–Kier alpha value is -3.48. The Kier molecular flexibility index (Phi) is 3.74. The Morgan fingerprint density at radius 3 is 2.92 bits per heavy atom. The highest BCUT2D eigenvalue weighted by atomic mass is 16.5.